The molecule has 0 aliphatic carbocycles. The first-order chi connectivity index (χ1) is 14.9. The van der Waals surface area contributed by atoms with Crippen molar-refractivity contribution in [2.75, 3.05) is 42.6 Å². The van der Waals surface area contributed by atoms with Crippen molar-refractivity contribution in [3.63, 3.8) is 0 Å². The van der Waals surface area contributed by atoms with E-state index in [1.165, 1.54) is 22.0 Å². The van der Waals surface area contributed by atoms with E-state index in [9.17, 15) is 8.42 Å². The van der Waals surface area contributed by atoms with Gasteiger partial charge in [0.2, 0.25) is 0 Å². The first-order valence-corrected chi connectivity index (χ1v) is 12.9. The second kappa shape index (κ2) is 7.95. The predicted octanol–water partition coefficient (Wildman–Crippen LogP) is 3.33. The first-order valence-electron chi connectivity index (χ1n) is 11.1. The van der Waals surface area contributed by atoms with Gasteiger partial charge in [0, 0.05) is 32.7 Å². The Morgan fingerprint density at radius 3 is 2.48 bits per heavy atom. The maximum Gasteiger partial charge on any atom is 0.152 e. The quantitative estimate of drug-likeness (QED) is 0.625. The molecule has 6 nitrogen and oxygen atoms in total. The van der Waals surface area contributed by atoms with Gasteiger partial charge < -0.3 is 4.90 Å². The fourth-order valence-corrected chi connectivity index (χ4v) is 6.93. The number of aromatic nitrogens is 2. The zero-order chi connectivity index (χ0) is 21.6. The van der Waals surface area contributed by atoms with Crippen LogP contribution in [0.1, 0.15) is 29.4 Å². The number of rotatable bonds is 4. The lowest BCUT2D eigenvalue weighted by Crippen LogP contribution is -2.46. The van der Waals surface area contributed by atoms with Gasteiger partial charge in [-0.3, -0.25) is 9.58 Å². The Morgan fingerprint density at radius 2 is 1.74 bits per heavy atom. The maximum absolute atomic E-state index is 11.9. The molecule has 1 aromatic heterocycles. The molecule has 5 rings (SSSR count). The Bertz CT molecular complexity index is 1200. The van der Waals surface area contributed by atoms with E-state index >= 15 is 0 Å². The fourth-order valence-electron chi connectivity index (χ4n) is 5.24. The van der Waals surface area contributed by atoms with Crippen molar-refractivity contribution in [1.82, 2.24) is 14.7 Å². The van der Waals surface area contributed by atoms with Gasteiger partial charge in [-0.2, -0.15) is 5.10 Å². The summed E-state index contributed by atoms with van der Waals surface area (Å²) in [6.07, 6.45) is 0.669. The highest BCUT2D eigenvalue weighted by atomic mass is 32.2. The van der Waals surface area contributed by atoms with Gasteiger partial charge in [-0.05, 0) is 36.6 Å². The van der Waals surface area contributed by atoms with Crippen LogP contribution in [0.25, 0.3) is 10.8 Å². The van der Waals surface area contributed by atoms with Crippen molar-refractivity contribution < 1.29 is 8.42 Å². The second-order valence-corrected chi connectivity index (χ2v) is 11.2. The second-order valence-electron chi connectivity index (χ2n) is 8.92. The average Bonchev–Trinajstić information content (AvgIpc) is 3.27. The van der Waals surface area contributed by atoms with Crippen LogP contribution in [0.4, 0.5) is 5.69 Å². The van der Waals surface area contributed by atoms with Crippen molar-refractivity contribution in [1.29, 1.82) is 0 Å². The highest BCUT2D eigenvalue weighted by Gasteiger charge is 2.32. The van der Waals surface area contributed by atoms with E-state index in [-0.39, 0.29) is 17.5 Å². The normalized spacial score (nSPS) is 21.7. The Hall–Kier alpha value is -2.38. The summed E-state index contributed by atoms with van der Waals surface area (Å²) in [5.41, 5.74) is 4.68. The smallest absolute Gasteiger partial charge is 0.152 e. The van der Waals surface area contributed by atoms with Gasteiger partial charge in [0.15, 0.2) is 9.84 Å². The number of piperazine rings is 1. The molecule has 2 aliphatic heterocycles. The van der Waals surface area contributed by atoms with Gasteiger partial charge in [0.1, 0.15) is 0 Å². The van der Waals surface area contributed by atoms with Crippen molar-refractivity contribution in [3.05, 3.63) is 59.4 Å². The Labute approximate surface area is 184 Å². The Balaban J connectivity index is 1.29. The fraction of sp³-hybridized carbons (Fsp3) is 0.458. The number of aryl methyl sites for hydroxylation is 1. The molecular weight excluding hydrogens is 408 g/mol. The number of nitrogens with zero attached hydrogens (tertiary/aromatic N) is 4. The minimum Gasteiger partial charge on any atom is -0.366 e. The lowest BCUT2D eigenvalue weighted by atomic mass is 10.0. The highest BCUT2D eigenvalue weighted by molar-refractivity contribution is 7.91. The number of hydrogen-bond donors (Lipinski definition) is 0. The molecule has 7 heteroatoms. The standard InChI is InChI=1S/C24H30N4O2S/c1-18-24(19(2)28(25-18)22-10-15-31(29,30)17-22)27-13-11-26(12-14-27)16-21-8-5-7-20-6-3-4-9-23(20)21/h3-9,22H,10-17H2,1-2H3. The molecule has 2 aromatic carbocycles. The molecule has 1 atom stereocenters. The van der Waals surface area contributed by atoms with Crippen LogP contribution in [0.3, 0.4) is 0 Å². The maximum atomic E-state index is 11.9. The van der Waals surface area contributed by atoms with Crippen LogP contribution in [0.15, 0.2) is 42.5 Å². The van der Waals surface area contributed by atoms with Gasteiger partial charge in [-0.1, -0.05) is 42.5 Å². The number of fused-ring (bicyclic) bond motifs is 1. The topological polar surface area (TPSA) is 58.4 Å². The minimum atomic E-state index is -2.92. The zero-order valence-electron chi connectivity index (χ0n) is 18.3. The van der Waals surface area contributed by atoms with E-state index in [0.29, 0.717) is 6.42 Å². The Kier molecular flexibility index (Phi) is 5.26. The molecule has 2 fully saturated rings. The third-order valence-electron chi connectivity index (χ3n) is 6.80. The number of sulfone groups is 1. The first kappa shape index (κ1) is 20.5. The highest BCUT2D eigenvalue weighted by Crippen LogP contribution is 2.32. The summed E-state index contributed by atoms with van der Waals surface area (Å²) in [5, 5.41) is 7.39. The monoisotopic (exact) mass is 438 g/mol. The third kappa shape index (κ3) is 3.96. The summed E-state index contributed by atoms with van der Waals surface area (Å²) in [6, 6.07) is 15.1. The summed E-state index contributed by atoms with van der Waals surface area (Å²) in [4.78, 5) is 4.95. The van der Waals surface area contributed by atoms with E-state index < -0.39 is 9.84 Å². The molecular formula is C24H30N4O2S. The van der Waals surface area contributed by atoms with Crippen molar-refractivity contribution >= 4 is 26.3 Å². The number of anilines is 1. The van der Waals surface area contributed by atoms with Crippen LogP contribution in [0.2, 0.25) is 0 Å². The van der Waals surface area contributed by atoms with E-state index in [0.717, 1.165) is 44.1 Å². The summed E-state index contributed by atoms with van der Waals surface area (Å²) < 4.78 is 25.8. The molecule has 1 unspecified atom stereocenters. The van der Waals surface area contributed by atoms with Gasteiger partial charge in [-0.25, -0.2) is 8.42 Å². The summed E-state index contributed by atoms with van der Waals surface area (Å²) in [5.74, 6) is 0.491. The average molecular weight is 439 g/mol. The van der Waals surface area contributed by atoms with Crippen LogP contribution >= 0.6 is 0 Å². The molecule has 3 aromatic rings. The molecule has 3 heterocycles. The van der Waals surface area contributed by atoms with Gasteiger partial charge in [0.05, 0.1) is 34.6 Å². The molecule has 2 aliphatic rings. The largest absolute Gasteiger partial charge is 0.366 e. The lowest BCUT2D eigenvalue weighted by molar-refractivity contribution is 0.250. The zero-order valence-corrected chi connectivity index (χ0v) is 19.1. The lowest BCUT2D eigenvalue weighted by Gasteiger charge is -2.36. The van der Waals surface area contributed by atoms with Gasteiger partial charge in [-0.15, -0.1) is 0 Å². The van der Waals surface area contributed by atoms with E-state index in [2.05, 4.69) is 59.2 Å². The minimum absolute atomic E-state index is 0.0231. The molecule has 0 spiro atoms. The summed E-state index contributed by atoms with van der Waals surface area (Å²) >= 11 is 0. The van der Waals surface area contributed by atoms with Crippen LogP contribution in [0, 0.1) is 13.8 Å². The van der Waals surface area contributed by atoms with Crippen molar-refractivity contribution in [2.24, 2.45) is 0 Å². The molecule has 0 radical (unpaired) electrons. The van der Waals surface area contributed by atoms with Crippen LogP contribution in [-0.4, -0.2) is 60.8 Å². The molecule has 0 saturated carbocycles. The van der Waals surface area contributed by atoms with E-state index in [1.54, 1.807) is 0 Å². The number of benzene rings is 2. The van der Waals surface area contributed by atoms with Crippen LogP contribution in [-0.2, 0) is 16.4 Å². The van der Waals surface area contributed by atoms with Crippen LogP contribution < -0.4 is 4.90 Å². The molecule has 31 heavy (non-hydrogen) atoms. The van der Waals surface area contributed by atoms with E-state index in [4.69, 9.17) is 5.10 Å². The van der Waals surface area contributed by atoms with E-state index in [1.807, 2.05) is 11.6 Å². The van der Waals surface area contributed by atoms with Crippen molar-refractivity contribution in [3.8, 4) is 0 Å². The third-order valence-corrected chi connectivity index (χ3v) is 8.55. The summed E-state index contributed by atoms with van der Waals surface area (Å²) in [7, 11) is -2.92. The SMILES string of the molecule is Cc1nn(C2CCS(=O)(=O)C2)c(C)c1N1CCN(Cc2cccc3ccccc23)CC1. The molecule has 0 N–H and O–H groups in total. The number of hydrogen-bond acceptors (Lipinski definition) is 5. The molecule has 0 bridgehead atoms. The van der Waals surface area contributed by atoms with Crippen LogP contribution in [0.5, 0.6) is 0 Å². The van der Waals surface area contributed by atoms with Gasteiger partial charge in [0.25, 0.3) is 0 Å². The Morgan fingerprint density at radius 1 is 1.00 bits per heavy atom. The molecule has 164 valence electrons. The summed E-state index contributed by atoms with van der Waals surface area (Å²) in [6.45, 7) is 9.03. The van der Waals surface area contributed by atoms with Gasteiger partial charge >= 0.3 is 0 Å². The van der Waals surface area contributed by atoms with Crippen molar-refractivity contribution in [2.45, 2.75) is 32.9 Å². The molecule has 2 saturated heterocycles. The predicted molar refractivity (Wildman–Crippen MR) is 125 cm³/mol. The molecule has 0 amide bonds.